The highest BCUT2D eigenvalue weighted by Crippen LogP contribution is 2.44. The maximum Gasteiger partial charge on any atom is 0.407 e. The second kappa shape index (κ2) is 10.6. The first-order valence-corrected chi connectivity index (χ1v) is 10.6. The molecule has 2 aromatic rings. The van der Waals surface area contributed by atoms with Gasteiger partial charge in [0.15, 0.2) is 0 Å². The summed E-state index contributed by atoms with van der Waals surface area (Å²) >= 11 is 0. The van der Waals surface area contributed by atoms with Gasteiger partial charge in [-0.2, -0.15) is 0 Å². The van der Waals surface area contributed by atoms with Gasteiger partial charge in [0.25, 0.3) is 0 Å². The molecule has 0 aliphatic heterocycles. The lowest BCUT2D eigenvalue weighted by molar-refractivity contribution is -0.141. The summed E-state index contributed by atoms with van der Waals surface area (Å²) in [7, 11) is 0. The Morgan fingerprint density at radius 3 is 2.25 bits per heavy atom. The fourth-order valence-electron chi connectivity index (χ4n) is 3.94. The van der Waals surface area contributed by atoms with Crippen molar-refractivity contribution in [2.45, 2.75) is 31.7 Å². The van der Waals surface area contributed by atoms with Gasteiger partial charge in [-0.25, -0.2) is 9.59 Å². The van der Waals surface area contributed by atoms with Crippen molar-refractivity contribution >= 4 is 18.0 Å². The topological polar surface area (TPSA) is 105 Å². The van der Waals surface area contributed by atoms with Crippen molar-refractivity contribution in [1.29, 1.82) is 0 Å². The van der Waals surface area contributed by atoms with Crippen LogP contribution in [0, 0.1) is 5.92 Å². The number of rotatable bonds is 10. The van der Waals surface area contributed by atoms with E-state index in [1.165, 1.54) is 6.08 Å². The van der Waals surface area contributed by atoms with Gasteiger partial charge in [-0.05, 0) is 34.6 Å². The molecule has 0 saturated heterocycles. The van der Waals surface area contributed by atoms with E-state index in [-0.39, 0.29) is 43.7 Å². The van der Waals surface area contributed by atoms with Crippen LogP contribution >= 0.6 is 0 Å². The fraction of sp³-hybridized carbons (Fsp3) is 0.320. The predicted molar refractivity (Wildman–Crippen MR) is 121 cm³/mol. The van der Waals surface area contributed by atoms with Gasteiger partial charge in [-0.15, -0.1) is 6.58 Å². The number of alkyl carbamates (subject to hydrolysis) is 1. The molecule has 168 valence electrons. The van der Waals surface area contributed by atoms with Crippen molar-refractivity contribution in [3.8, 4) is 11.1 Å². The van der Waals surface area contributed by atoms with Crippen LogP contribution in [-0.2, 0) is 14.3 Å². The first-order valence-electron chi connectivity index (χ1n) is 10.6. The van der Waals surface area contributed by atoms with Crippen LogP contribution in [0.1, 0.15) is 36.8 Å². The summed E-state index contributed by atoms with van der Waals surface area (Å²) in [5, 5.41) is 14.2. The summed E-state index contributed by atoms with van der Waals surface area (Å²) in [5.74, 6) is -1.70. The molecule has 0 bridgehead atoms. The number of hydrogen-bond acceptors (Lipinski definition) is 4. The molecule has 32 heavy (non-hydrogen) atoms. The maximum absolute atomic E-state index is 12.2. The van der Waals surface area contributed by atoms with Crippen LogP contribution in [0.25, 0.3) is 11.1 Å². The highest BCUT2D eigenvalue weighted by molar-refractivity contribution is 5.83. The van der Waals surface area contributed by atoms with Gasteiger partial charge in [-0.1, -0.05) is 61.5 Å². The molecule has 7 heteroatoms. The first-order chi connectivity index (χ1) is 15.4. The zero-order valence-corrected chi connectivity index (χ0v) is 18.0. The van der Waals surface area contributed by atoms with Crippen LogP contribution in [0.2, 0.25) is 0 Å². The van der Waals surface area contributed by atoms with Crippen molar-refractivity contribution in [3.63, 3.8) is 0 Å². The summed E-state index contributed by atoms with van der Waals surface area (Å²) in [6.07, 6.45) is 1.13. The summed E-state index contributed by atoms with van der Waals surface area (Å²) < 4.78 is 5.48. The molecule has 0 heterocycles. The van der Waals surface area contributed by atoms with Gasteiger partial charge < -0.3 is 20.5 Å². The number of carbonyl (C=O) groups is 3. The van der Waals surface area contributed by atoms with E-state index in [9.17, 15) is 14.4 Å². The largest absolute Gasteiger partial charge is 0.480 e. The Hall–Kier alpha value is -3.61. The molecule has 0 saturated carbocycles. The minimum atomic E-state index is -1.11. The lowest BCUT2D eigenvalue weighted by Crippen LogP contribution is -2.41. The number of aliphatic carboxylic acids is 1. The summed E-state index contributed by atoms with van der Waals surface area (Å²) in [6.45, 7) is 5.75. The summed E-state index contributed by atoms with van der Waals surface area (Å²) in [5.41, 5.74) is 4.60. The standard InChI is InChI=1S/C25H28N2O5/c1-3-8-22(24(29)30)27-23(28)13-16(2)14-26-25(31)32-15-21-19-11-6-4-9-17(19)18-10-5-7-12-20(18)21/h3-7,9-12,16,21-22H,1,8,13-15H2,2H3,(H,26,31)(H,27,28)(H,29,30). The van der Waals surface area contributed by atoms with Crippen LogP contribution in [0.3, 0.4) is 0 Å². The Balaban J connectivity index is 1.47. The van der Waals surface area contributed by atoms with Gasteiger partial charge in [-0.3, -0.25) is 4.79 Å². The second-order valence-corrected chi connectivity index (χ2v) is 8.00. The Morgan fingerprint density at radius 2 is 1.69 bits per heavy atom. The minimum absolute atomic E-state index is 0.0193. The number of nitrogens with one attached hydrogen (secondary N) is 2. The van der Waals surface area contributed by atoms with Crippen LogP contribution in [0.5, 0.6) is 0 Å². The summed E-state index contributed by atoms with van der Waals surface area (Å²) in [6, 6.07) is 15.2. The zero-order valence-electron chi connectivity index (χ0n) is 18.0. The molecule has 2 aromatic carbocycles. The maximum atomic E-state index is 12.2. The number of carbonyl (C=O) groups excluding carboxylic acids is 2. The molecule has 7 nitrogen and oxygen atoms in total. The lowest BCUT2D eigenvalue weighted by atomic mass is 9.98. The highest BCUT2D eigenvalue weighted by atomic mass is 16.5. The van der Waals surface area contributed by atoms with Crippen molar-refractivity contribution in [1.82, 2.24) is 10.6 Å². The van der Waals surface area contributed by atoms with E-state index >= 15 is 0 Å². The lowest BCUT2D eigenvalue weighted by Gasteiger charge is -2.17. The first kappa shape index (κ1) is 23.1. The van der Waals surface area contributed by atoms with E-state index in [1.54, 1.807) is 6.92 Å². The van der Waals surface area contributed by atoms with Gasteiger partial charge in [0.2, 0.25) is 5.91 Å². The molecule has 1 aliphatic rings. The third kappa shape index (κ3) is 5.55. The molecule has 2 atom stereocenters. The van der Waals surface area contributed by atoms with E-state index in [0.29, 0.717) is 0 Å². The second-order valence-electron chi connectivity index (χ2n) is 8.00. The van der Waals surface area contributed by atoms with Crippen molar-refractivity contribution < 1.29 is 24.2 Å². The van der Waals surface area contributed by atoms with E-state index in [2.05, 4.69) is 41.5 Å². The van der Waals surface area contributed by atoms with Gasteiger partial charge in [0, 0.05) is 18.9 Å². The molecule has 3 N–H and O–H groups in total. The Morgan fingerprint density at radius 1 is 1.09 bits per heavy atom. The number of hydrogen-bond donors (Lipinski definition) is 3. The van der Waals surface area contributed by atoms with Crippen LogP contribution < -0.4 is 10.6 Å². The van der Waals surface area contributed by atoms with Crippen molar-refractivity contribution in [3.05, 3.63) is 72.3 Å². The third-order valence-electron chi connectivity index (χ3n) is 5.51. The normalized spacial score (nSPS) is 13.9. The van der Waals surface area contributed by atoms with Gasteiger partial charge >= 0.3 is 12.1 Å². The average molecular weight is 437 g/mol. The SMILES string of the molecule is C=CCC(NC(=O)CC(C)CNC(=O)OCC1c2ccccc2-c2ccccc21)C(=O)O. The number of fused-ring (bicyclic) bond motifs is 3. The van der Waals surface area contributed by atoms with Gasteiger partial charge in [0.05, 0.1) is 0 Å². The monoisotopic (exact) mass is 436 g/mol. The van der Waals surface area contributed by atoms with Crippen LogP contribution in [0.15, 0.2) is 61.2 Å². The van der Waals surface area contributed by atoms with E-state index in [0.717, 1.165) is 22.3 Å². The van der Waals surface area contributed by atoms with E-state index < -0.39 is 18.1 Å². The smallest absolute Gasteiger partial charge is 0.407 e. The summed E-state index contributed by atoms with van der Waals surface area (Å²) in [4.78, 5) is 35.4. The predicted octanol–water partition coefficient (Wildman–Crippen LogP) is 3.70. The quantitative estimate of drug-likeness (QED) is 0.493. The molecule has 0 fully saturated rings. The highest BCUT2D eigenvalue weighted by Gasteiger charge is 2.29. The number of carboxylic acids is 1. The average Bonchev–Trinajstić information content (AvgIpc) is 3.09. The van der Waals surface area contributed by atoms with E-state index in [1.807, 2.05) is 24.3 Å². The Labute approximate surface area is 187 Å². The Bertz CT molecular complexity index is 958. The number of amides is 2. The molecule has 3 rings (SSSR count). The van der Waals surface area contributed by atoms with E-state index in [4.69, 9.17) is 9.84 Å². The molecule has 2 unspecified atom stereocenters. The zero-order chi connectivity index (χ0) is 23.1. The molecule has 0 radical (unpaired) electrons. The molecule has 0 spiro atoms. The molecule has 0 aromatic heterocycles. The number of ether oxygens (including phenoxy) is 1. The van der Waals surface area contributed by atoms with Crippen LogP contribution in [-0.4, -0.2) is 42.3 Å². The molecule has 2 amide bonds. The fourth-order valence-corrected chi connectivity index (χ4v) is 3.94. The third-order valence-corrected chi connectivity index (χ3v) is 5.51. The molecular formula is C25H28N2O5. The number of carboxylic acid groups (broad SMARTS) is 1. The van der Waals surface area contributed by atoms with Crippen molar-refractivity contribution in [2.75, 3.05) is 13.2 Å². The van der Waals surface area contributed by atoms with Crippen molar-refractivity contribution in [2.24, 2.45) is 5.92 Å². The van der Waals surface area contributed by atoms with Gasteiger partial charge in [0.1, 0.15) is 12.6 Å². The Kier molecular flexibility index (Phi) is 7.65. The molecular weight excluding hydrogens is 408 g/mol. The number of benzene rings is 2. The van der Waals surface area contributed by atoms with Crippen LogP contribution in [0.4, 0.5) is 4.79 Å². The molecule has 1 aliphatic carbocycles. The minimum Gasteiger partial charge on any atom is -0.480 e.